The molecule has 0 aromatic carbocycles. The highest BCUT2D eigenvalue weighted by Gasteiger charge is 2.00. The molecule has 1 rings (SSSR count). The minimum Gasteiger partial charge on any atom is -0.528 e. The number of hydrogen-bond acceptors (Lipinski definition) is 4. The molecular weight excluding hydrogens is 120 g/mol. The lowest BCUT2D eigenvalue weighted by atomic mass is 10.3. The van der Waals surface area contributed by atoms with E-state index in [0.29, 0.717) is 5.82 Å². The Labute approximate surface area is 52.8 Å². The molecule has 1 N–H and O–H groups in total. The standard InChI is InChI=1S/C5H8N2O2/c1-3(2)4-6-5(8)9-7-4/h7H,1-2H3,(H,6,8)/p-1. The number of nitrogens with zero attached hydrogens (tertiary/aromatic N) is 1. The minimum absolute atomic E-state index is 0.514. The van der Waals surface area contributed by atoms with Gasteiger partial charge in [-0.05, 0) is 19.4 Å². The third-order valence-corrected chi connectivity index (χ3v) is 0.912. The van der Waals surface area contributed by atoms with Crippen LogP contribution in [0.2, 0.25) is 0 Å². The van der Waals surface area contributed by atoms with Crippen LogP contribution in [0.15, 0.2) is 16.4 Å². The monoisotopic (exact) mass is 127 g/mol. The SMILES string of the molecule is CC(C)=C1N=C([O-])ON1. The van der Waals surface area contributed by atoms with Crippen LogP contribution in [0.3, 0.4) is 0 Å². The molecule has 4 nitrogen and oxygen atoms in total. The summed E-state index contributed by atoms with van der Waals surface area (Å²) in [6.07, 6.45) is -0.578. The Morgan fingerprint density at radius 2 is 2.33 bits per heavy atom. The smallest absolute Gasteiger partial charge is 0.170 e. The predicted octanol–water partition coefficient (Wildman–Crippen LogP) is -0.511. The van der Waals surface area contributed by atoms with Crippen LogP contribution in [0.5, 0.6) is 0 Å². The molecule has 0 aromatic heterocycles. The second kappa shape index (κ2) is 1.97. The van der Waals surface area contributed by atoms with Gasteiger partial charge in [-0.1, -0.05) is 0 Å². The average molecular weight is 127 g/mol. The summed E-state index contributed by atoms with van der Waals surface area (Å²) < 4.78 is 0. The molecule has 0 saturated heterocycles. The first kappa shape index (κ1) is 5.94. The van der Waals surface area contributed by atoms with E-state index in [-0.39, 0.29) is 0 Å². The van der Waals surface area contributed by atoms with Crippen molar-refractivity contribution in [3.8, 4) is 0 Å². The molecule has 0 aliphatic carbocycles. The molecular formula is C5H7N2O2-. The molecule has 0 atom stereocenters. The highest BCUT2D eigenvalue weighted by Crippen LogP contribution is 2.04. The van der Waals surface area contributed by atoms with Crippen molar-refractivity contribution in [2.24, 2.45) is 4.99 Å². The van der Waals surface area contributed by atoms with Crippen LogP contribution in [-0.4, -0.2) is 6.08 Å². The summed E-state index contributed by atoms with van der Waals surface area (Å²) in [6, 6.07) is 0. The van der Waals surface area contributed by atoms with Crippen molar-refractivity contribution >= 4 is 6.08 Å². The zero-order chi connectivity index (χ0) is 6.85. The average Bonchev–Trinajstić information content (AvgIpc) is 2.14. The van der Waals surface area contributed by atoms with Crippen molar-refractivity contribution in [2.75, 3.05) is 0 Å². The highest BCUT2D eigenvalue weighted by molar-refractivity contribution is 5.65. The second-order valence-corrected chi connectivity index (χ2v) is 1.93. The van der Waals surface area contributed by atoms with Gasteiger partial charge >= 0.3 is 0 Å². The lowest BCUT2D eigenvalue weighted by Crippen LogP contribution is -2.20. The van der Waals surface area contributed by atoms with Crippen LogP contribution >= 0.6 is 0 Å². The lowest BCUT2D eigenvalue weighted by molar-refractivity contribution is -0.251. The van der Waals surface area contributed by atoms with Gasteiger partial charge in [0, 0.05) is 0 Å². The van der Waals surface area contributed by atoms with E-state index in [1.54, 1.807) is 0 Å². The van der Waals surface area contributed by atoms with Crippen LogP contribution in [0.4, 0.5) is 0 Å². The van der Waals surface area contributed by atoms with Crippen molar-refractivity contribution in [3.63, 3.8) is 0 Å². The second-order valence-electron chi connectivity index (χ2n) is 1.93. The summed E-state index contributed by atoms with van der Waals surface area (Å²) in [5.74, 6) is 0.514. The molecule has 0 bridgehead atoms. The molecule has 0 saturated carbocycles. The van der Waals surface area contributed by atoms with E-state index in [9.17, 15) is 5.11 Å². The summed E-state index contributed by atoms with van der Waals surface area (Å²) in [5, 5.41) is 10.3. The Kier molecular flexibility index (Phi) is 1.30. The van der Waals surface area contributed by atoms with Gasteiger partial charge in [0.15, 0.2) is 6.08 Å². The molecule has 4 heteroatoms. The van der Waals surface area contributed by atoms with Gasteiger partial charge in [-0.25, -0.2) is 4.99 Å². The molecule has 0 amide bonds. The maximum absolute atomic E-state index is 10.3. The van der Waals surface area contributed by atoms with E-state index in [1.165, 1.54) is 0 Å². The summed E-state index contributed by atoms with van der Waals surface area (Å²) >= 11 is 0. The zero-order valence-corrected chi connectivity index (χ0v) is 5.26. The minimum atomic E-state index is -0.578. The number of rotatable bonds is 0. The van der Waals surface area contributed by atoms with Gasteiger partial charge in [-0.2, -0.15) is 0 Å². The van der Waals surface area contributed by atoms with E-state index in [2.05, 4.69) is 15.3 Å². The van der Waals surface area contributed by atoms with Crippen LogP contribution in [-0.2, 0) is 4.84 Å². The fourth-order valence-electron chi connectivity index (χ4n) is 0.443. The zero-order valence-electron chi connectivity index (χ0n) is 5.26. The van der Waals surface area contributed by atoms with Crippen molar-refractivity contribution in [1.29, 1.82) is 0 Å². The van der Waals surface area contributed by atoms with Crippen LogP contribution in [0, 0.1) is 0 Å². The Morgan fingerprint density at radius 3 is 2.56 bits per heavy atom. The van der Waals surface area contributed by atoms with Crippen LogP contribution < -0.4 is 10.6 Å². The molecule has 9 heavy (non-hydrogen) atoms. The molecule has 0 unspecified atom stereocenters. The Morgan fingerprint density at radius 1 is 1.67 bits per heavy atom. The fourth-order valence-corrected chi connectivity index (χ4v) is 0.443. The van der Waals surface area contributed by atoms with E-state index in [0.717, 1.165) is 5.57 Å². The quantitative estimate of drug-likeness (QED) is 0.476. The van der Waals surface area contributed by atoms with Gasteiger partial charge in [0.1, 0.15) is 5.82 Å². The van der Waals surface area contributed by atoms with E-state index < -0.39 is 6.08 Å². The molecule has 0 fully saturated rings. The number of hydrogen-bond donors (Lipinski definition) is 1. The molecule has 1 aliphatic heterocycles. The van der Waals surface area contributed by atoms with Gasteiger partial charge in [-0.3, -0.25) is 5.48 Å². The van der Waals surface area contributed by atoms with Crippen molar-refractivity contribution in [1.82, 2.24) is 5.48 Å². The third kappa shape index (κ3) is 1.13. The van der Waals surface area contributed by atoms with E-state index in [1.807, 2.05) is 13.8 Å². The third-order valence-electron chi connectivity index (χ3n) is 0.912. The van der Waals surface area contributed by atoms with E-state index >= 15 is 0 Å². The molecule has 1 heterocycles. The Bertz CT molecular complexity index is 179. The number of nitrogens with one attached hydrogen (secondary N) is 1. The molecule has 0 spiro atoms. The Balaban J connectivity index is 2.80. The van der Waals surface area contributed by atoms with Crippen molar-refractivity contribution in [3.05, 3.63) is 11.4 Å². The van der Waals surface area contributed by atoms with Crippen LogP contribution in [0.1, 0.15) is 13.8 Å². The van der Waals surface area contributed by atoms with Gasteiger partial charge in [0.2, 0.25) is 0 Å². The molecule has 1 aliphatic rings. The van der Waals surface area contributed by atoms with Gasteiger partial charge < -0.3 is 9.94 Å². The normalized spacial score (nSPS) is 16.2. The number of allylic oxidation sites excluding steroid dienone is 1. The highest BCUT2D eigenvalue weighted by atomic mass is 16.7. The number of hydroxylamine groups is 1. The lowest BCUT2D eigenvalue weighted by Gasteiger charge is -2.04. The largest absolute Gasteiger partial charge is 0.528 e. The summed E-state index contributed by atoms with van der Waals surface area (Å²) in [7, 11) is 0. The number of aliphatic imine (C=N–C) groups is 1. The molecule has 0 aromatic rings. The van der Waals surface area contributed by atoms with Crippen LogP contribution in [0.25, 0.3) is 0 Å². The maximum atomic E-state index is 10.3. The first-order valence-electron chi connectivity index (χ1n) is 2.56. The summed E-state index contributed by atoms with van der Waals surface area (Å²) in [6.45, 7) is 3.68. The predicted molar refractivity (Wildman–Crippen MR) is 30.0 cm³/mol. The summed E-state index contributed by atoms with van der Waals surface area (Å²) in [5.41, 5.74) is 3.30. The van der Waals surface area contributed by atoms with E-state index in [4.69, 9.17) is 0 Å². The van der Waals surface area contributed by atoms with Crippen molar-refractivity contribution < 1.29 is 9.94 Å². The Hall–Kier alpha value is -1.19. The summed E-state index contributed by atoms with van der Waals surface area (Å²) in [4.78, 5) is 7.81. The molecule has 50 valence electrons. The topological polar surface area (TPSA) is 56.7 Å². The van der Waals surface area contributed by atoms with Gasteiger partial charge in [0.25, 0.3) is 0 Å². The maximum Gasteiger partial charge on any atom is 0.170 e. The van der Waals surface area contributed by atoms with Gasteiger partial charge in [0.05, 0.1) is 0 Å². The molecule has 0 radical (unpaired) electrons. The fraction of sp³-hybridized carbons (Fsp3) is 0.400. The van der Waals surface area contributed by atoms with Gasteiger partial charge in [-0.15, -0.1) is 0 Å². The van der Waals surface area contributed by atoms with Crippen molar-refractivity contribution in [2.45, 2.75) is 13.8 Å². The first-order valence-corrected chi connectivity index (χ1v) is 2.56. The first-order chi connectivity index (χ1) is 4.20.